The maximum atomic E-state index is 12.8. The van der Waals surface area contributed by atoms with Crippen LogP contribution in [0.1, 0.15) is 28.0 Å². The van der Waals surface area contributed by atoms with Crippen molar-refractivity contribution in [3.8, 4) is 0 Å². The van der Waals surface area contributed by atoms with E-state index in [-0.39, 0.29) is 11.9 Å². The summed E-state index contributed by atoms with van der Waals surface area (Å²) in [6, 6.07) is 3.27. The predicted molar refractivity (Wildman–Crippen MR) is 84.1 cm³/mol. The molecule has 2 aromatic heterocycles. The molecule has 0 bridgehead atoms. The van der Waals surface area contributed by atoms with E-state index in [9.17, 15) is 4.79 Å². The van der Waals surface area contributed by atoms with Gasteiger partial charge in [-0.05, 0) is 13.0 Å². The van der Waals surface area contributed by atoms with Crippen LogP contribution in [0.15, 0.2) is 18.3 Å². The molecule has 2 aromatic rings. The van der Waals surface area contributed by atoms with Crippen LogP contribution in [0.3, 0.4) is 0 Å². The fourth-order valence-electron chi connectivity index (χ4n) is 2.66. The molecule has 0 aromatic carbocycles. The Morgan fingerprint density at radius 3 is 2.96 bits per heavy atom. The second-order valence-electron chi connectivity index (χ2n) is 5.43. The molecule has 3 heterocycles. The van der Waals surface area contributed by atoms with Crippen LogP contribution in [0.4, 0.5) is 5.82 Å². The number of nitrogens with one attached hydrogen (secondary N) is 1. The molecule has 0 unspecified atom stereocenters. The van der Waals surface area contributed by atoms with E-state index in [2.05, 4.69) is 20.4 Å². The molecule has 1 amide bonds. The van der Waals surface area contributed by atoms with Crippen molar-refractivity contribution in [1.29, 1.82) is 0 Å². The summed E-state index contributed by atoms with van der Waals surface area (Å²) in [4.78, 5) is 23.6. The van der Waals surface area contributed by atoms with Gasteiger partial charge in [0.1, 0.15) is 17.6 Å². The summed E-state index contributed by atoms with van der Waals surface area (Å²) < 4.78 is 7.14. The normalized spacial score (nSPS) is 18.0. The van der Waals surface area contributed by atoms with Crippen LogP contribution in [-0.2, 0) is 11.8 Å². The number of anilines is 1. The van der Waals surface area contributed by atoms with Crippen molar-refractivity contribution in [2.45, 2.75) is 13.0 Å². The minimum absolute atomic E-state index is 0.0885. The van der Waals surface area contributed by atoms with Crippen LogP contribution in [0.5, 0.6) is 0 Å². The second-order valence-corrected chi connectivity index (χ2v) is 5.43. The summed E-state index contributed by atoms with van der Waals surface area (Å²) in [5.74, 6) is 1.23. The standard InChI is InChI=1S/C15H20N6O2/c1-10-8-13(16-2)19-14(18-10)12-9-23-7-6-21(12)15(22)11-4-5-17-20(11)3/h4-5,8,12H,6-7,9H2,1-3H3,(H,16,18,19)/t12-/m0/s1. The van der Waals surface area contributed by atoms with Crippen molar-refractivity contribution < 1.29 is 9.53 Å². The Morgan fingerprint density at radius 2 is 2.26 bits per heavy atom. The zero-order chi connectivity index (χ0) is 16.4. The number of morpholine rings is 1. The van der Waals surface area contributed by atoms with Gasteiger partial charge in [-0.15, -0.1) is 0 Å². The second kappa shape index (κ2) is 6.33. The van der Waals surface area contributed by atoms with Gasteiger partial charge in [0.2, 0.25) is 0 Å². The molecule has 1 saturated heterocycles. The fourth-order valence-corrected chi connectivity index (χ4v) is 2.66. The number of aryl methyl sites for hydroxylation is 2. The highest BCUT2D eigenvalue weighted by Gasteiger charge is 2.32. The maximum Gasteiger partial charge on any atom is 0.272 e. The van der Waals surface area contributed by atoms with E-state index in [0.29, 0.717) is 31.3 Å². The van der Waals surface area contributed by atoms with Gasteiger partial charge in [0.15, 0.2) is 5.82 Å². The van der Waals surface area contributed by atoms with E-state index < -0.39 is 0 Å². The van der Waals surface area contributed by atoms with Crippen LogP contribution in [-0.4, -0.2) is 57.4 Å². The van der Waals surface area contributed by atoms with Crippen molar-refractivity contribution >= 4 is 11.7 Å². The number of ether oxygens (including phenoxy) is 1. The molecule has 122 valence electrons. The van der Waals surface area contributed by atoms with E-state index in [1.807, 2.05) is 20.0 Å². The molecule has 1 atom stereocenters. The fraction of sp³-hybridized carbons (Fsp3) is 0.467. The molecule has 1 fully saturated rings. The molecule has 23 heavy (non-hydrogen) atoms. The third-order valence-corrected chi connectivity index (χ3v) is 3.86. The van der Waals surface area contributed by atoms with E-state index in [1.165, 1.54) is 0 Å². The lowest BCUT2D eigenvalue weighted by atomic mass is 10.2. The Morgan fingerprint density at radius 1 is 1.43 bits per heavy atom. The molecular formula is C15H20N6O2. The summed E-state index contributed by atoms with van der Waals surface area (Å²) in [6.45, 7) is 3.30. The maximum absolute atomic E-state index is 12.8. The number of amides is 1. The van der Waals surface area contributed by atoms with Gasteiger partial charge in [-0.25, -0.2) is 9.97 Å². The summed E-state index contributed by atoms with van der Waals surface area (Å²) in [7, 11) is 3.56. The number of nitrogens with zero attached hydrogens (tertiary/aromatic N) is 5. The van der Waals surface area contributed by atoms with Crippen LogP contribution >= 0.6 is 0 Å². The Balaban J connectivity index is 1.94. The first-order valence-corrected chi connectivity index (χ1v) is 7.50. The minimum atomic E-state index is -0.307. The van der Waals surface area contributed by atoms with Crippen molar-refractivity contribution in [2.75, 3.05) is 32.1 Å². The van der Waals surface area contributed by atoms with Crippen molar-refractivity contribution in [2.24, 2.45) is 7.05 Å². The average Bonchev–Trinajstić information content (AvgIpc) is 2.99. The van der Waals surface area contributed by atoms with Gasteiger partial charge in [0.05, 0.1) is 13.2 Å². The van der Waals surface area contributed by atoms with Gasteiger partial charge in [0, 0.05) is 38.6 Å². The predicted octanol–water partition coefficient (Wildman–Crippen LogP) is 0.774. The third-order valence-electron chi connectivity index (χ3n) is 3.86. The Kier molecular flexibility index (Phi) is 4.24. The van der Waals surface area contributed by atoms with Crippen LogP contribution in [0.25, 0.3) is 0 Å². The van der Waals surface area contributed by atoms with Gasteiger partial charge in [-0.3, -0.25) is 9.48 Å². The summed E-state index contributed by atoms with van der Waals surface area (Å²) in [5.41, 5.74) is 1.39. The summed E-state index contributed by atoms with van der Waals surface area (Å²) in [6.07, 6.45) is 1.62. The van der Waals surface area contributed by atoms with Crippen LogP contribution < -0.4 is 5.32 Å². The van der Waals surface area contributed by atoms with E-state index in [4.69, 9.17) is 4.74 Å². The molecule has 0 radical (unpaired) electrons. The van der Waals surface area contributed by atoms with E-state index >= 15 is 0 Å². The lowest BCUT2D eigenvalue weighted by Crippen LogP contribution is -2.44. The van der Waals surface area contributed by atoms with Gasteiger partial charge in [-0.1, -0.05) is 0 Å². The Labute approximate surface area is 134 Å². The first kappa shape index (κ1) is 15.4. The van der Waals surface area contributed by atoms with Gasteiger partial charge >= 0.3 is 0 Å². The zero-order valence-electron chi connectivity index (χ0n) is 13.5. The number of rotatable bonds is 3. The number of hydrogen-bond donors (Lipinski definition) is 1. The zero-order valence-corrected chi connectivity index (χ0v) is 13.5. The molecule has 1 aliphatic rings. The molecule has 1 aliphatic heterocycles. The number of carbonyl (C=O) groups is 1. The summed E-state index contributed by atoms with van der Waals surface area (Å²) >= 11 is 0. The molecular weight excluding hydrogens is 296 g/mol. The van der Waals surface area contributed by atoms with Crippen molar-refractivity contribution in [1.82, 2.24) is 24.6 Å². The minimum Gasteiger partial charge on any atom is -0.377 e. The topological polar surface area (TPSA) is 85.2 Å². The molecule has 8 nitrogen and oxygen atoms in total. The molecule has 8 heteroatoms. The SMILES string of the molecule is CNc1cc(C)nc([C@@H]2COCCN2C(=O)c2ccnn2C)n1. The quantitative estimate of drug-likeness (QED) is 0.900. The van der Waals surface area contributed by atoms with Crippen molar-refractivity contribution in [3.05, 3.63) is 35.5 Å². The average molecular weight is 316 g/mol. The summed E-state index contributed by atoms with van der Waals surface area (Å²) in [5, 5.41) is 7.09. The molecule has 0 aliphatic carbocycles. The highest BCUT2D eigenvalue weighted by atomic mass is 16.5. The Bertz CT molecular complexity index is 714. The highest BCUT2D eigenvalue weighted by molar-refractivity contribution is 5.92. The van der Waals surface area contributed by atoms with Gasteiger partial charge in [0.25, 0.3) is 5.91 Å². The number of aromatic nitrogens is 4. The molecule has 1 N–H and O–H groups in total. The number of hydrogen-bond acceptors (Lipinski definition) is 6. The largest absolute Gasteiger partial charge is 0.377 e. The first-order valence-electron chi connectivity index (χ1n) is 7.50. The highest BCUT2D eigenvalue weighted by Crippen LogP contribution is 2.24. The van der Waals surface area contributed by atoms with Gasteiger partial charge < -0.3 is 15.0 Å². The van der Waals surface area contributed by atoms with Gasteiger partial charge in [-0.2, -0.15) is 5.10 Å². The smallest absolute Gasteiger partial charge is 0.272 e. The Hall–Kier alpha value is -2.48. The monoisotopic (exact) mass is 316 g/mol. The van der Waals surface area contributed by atoms with Crippen molar-refractivity contribution in [3.63, 3.8) is 0 Å². The van der Waals surface area contributed by atoms with Crippen LogP contribution in [0.2, 0.25) is 0 Å². The molecule has 0 saturated carbocycles. The third kappa shape index (κ3) is 3.02. The lowest BCUT2D eigenvalue weighted by Gasteiger charge is -2.34. The molecule has 0 spiro atoms. The van der Waals surface area contributed by atoms with Crippen LogP contribution in [0, 0.1) is 6.92 Å². The van der Waals surface area contributed by atoms with E-state index in [0.717, 1.165) is 11.5 Å². The lowest BCUT2D eigenvalue weighted by molar-refractivity contribution is -0.00578. The number of carbonyl (C=O) groups excluding carboxylic acids is 1. The molecule has 3 rings (SSSR count). The first-order chi connectivity index (χ1) is 11.1. The van der Waals surface area contributed by atoms with E-state index in [1.54, 1.807) is 28.9 Å².